The number of rotatable bonds is 6. The van der Waals surface area contributed by atoms with Crippen molar-refractivity contribution in [1.82, 2.24) is 5.48 Å². The van der Waals surface area contributed by atoms with Gasteiger partial charge in [-0.2, -0.15) is 0 Å². The van der Waals surface area contributed by atoms with Crippen LogP contribution in [0.25, 0.3) is 0 Å². The molecule has 1 amide bonds. The molecule has 0 aliphatic heterocycles. The molecule has 0 saturated carbocycles. The minimum atomic E-state index is -0.284. The second-order valence-electron chi connectivity index (χ2n) is 4.26. The maximum absolute atomic E-state index is 12.0. The normalized spacial score (nSPS) is 10.0. The first-order chi connectivity index (χ1) is 10.2. The van der Waals surface area contributed by atoms with E-state index in [9.17, 15) is 4.79 Å². The van der Waals surface area contributed by atoms with Crippen LogP contribution in [0.2, 0.25) is 0 Å². The maximum Gasteiger partial charge on any atom is 0.276 e. The fourth-order valence-electron chi connectivity index (χ4n) is 1.81. The van der Waals surface area contributed by atoms with E-state index in [1.165, 1.54) is 0 Å². The van der Waals surface area contributed by atoms with Gasteiger partial charge in [-0.05, 0) is 43.3 Å². The lowest BCUT2D eigenvalue weighted by Crippen LogP contribution is -2.24. The standard InChI is InChI=1S/C16H18N2O3/c1-3-21-18-16(19)14-6-4-5-7-15(14)17-12-8-10-13(20-2)11-9-12/h4-11,17H,3H2,1-2H3,(H,18,19). The first-order valence-corrected chi connectivity index (χ1v) is 6.67. The minimum Gasteiger partial charge on any atom is -0.497 e. The number of anilines is 2. The molecule has 110 valence electrons. The van der Waals surface area contributed by atoms with E-state index in [1.54, 1.807) is 19.2 Å². The topological polar surface area (TPSA) is 59.6 Å². The molecule has 2 aromatic rings. The molecule has 5 heteroatoms. The smallest absolute Gasteiger partial charge is 0.276 e. The van der Waals surface area contributed by atoms with Gasteiger partial charge in [0.15, 0.2) is 0 Å². The molecule has 0 heterocycles. The highest BCUT2D eigenvalue weighted by Gasteiger charge is 2.10. The number of nitrogens with one attached hydrogen (secondary N) is 2. The lowest BCUT2D eigenvalue weighted by Gasteiger charge is -2.12. The van der Waals surface area contributed by atoms with E-state index in [0.29, 0.717) is 17.9 Å². The number of carbonyl (C=O) groups is 1. The molecule has 2 aromatic carbocycles. The molecule has 0 saturated heterocycles. The highest BCUT2D eigenvalue weighted by Crippen LogP contribution is 2.22. The predicted octanol–water partition coefficient (Wildman–Crippen LogP) is 3.12. The maximum atomic E-state index is 12.0. The third-order valence-electron chi connectivity index (χ3n) is 2.85. The largest absolute Gasteiger partial charge is 0.497 e. The number of methoxy groups -OCH3 is 1. The monoisotopic (exact) mass is 286 g/mol. The van der Waals surface area contributed by atoms with Crippen molar-refractivity contribution in [3.8, 4) is 5.75 Å². The lowest BCUT2D eigenvalue weighted by molar-refractivity contribution is 0.0365. The molecule has 0 bridgehead atoms. The van der Waals surface area contributed by atoms with Gasteiger partial charge in [-0.15, -0.1) is 0 Å². The van der Waals surface area contributed by atoms with Crippen LogP contribution in [0.5, 0.6) is 5.75 Å². The van der Waals surface area contributed by atoms with E-state index in [0.717, 1.165) is 11.4 Å². The number of hydroxylamine groups is 1. The summed E-state index contributed by atoms with van der Waals surface area (Å²) in [4.78, 5) is 17.0. The van der Waals surface area contributed by atoms with E-state index in [1.807, 2.05) is 43.3 Å². The zero-order valence-corrected chi connectivity index (χ0v) is 12.1. The van der Waals surface area contributed by atoms with Gasteiger partial charge in [0.1, 0.15) is 5.75 Å². The van der Waals surface area contributed by atoms with Crippen molar-refractivity contribution >= 4 is 17.3 Å². The van der Waals surface area contributed by atoms with Gasteiger partial charge in [0.25, 0.3) is 5.91 Å². The summed E-state index contributed by atoms with van der Waals surface area (Å²) in [5.74, 6) is 0.497. The third-order valence-corrected chi connectivity index (χ3v) is 2.85. The fourth-order valence-corrected chi connectivity index (χ4v) is 1.81. The Labute approximate surface area is 123 Å². The number of para-hydroxylation sites is 1. The number of ether oxygens (including phenoxy) is 1. The number of benzene rings is 2. The number of carbonyl (C=O) groups excluding carboxylic acids is 1. The Hall–Kier alpha value is -2.53. The van der Waals surface area contributed by atoms with Crippen LogP contribution in [0.15, 0.2) is 48.5 Å². The quantitative estimate of drug-likeness (QED) is 0.801. The van der Waals surface area contributed by atoms with E-state index in [2.05, 4.69) is 10.8 Å². The van der Waals surface area contributed by atoms with Gasteiger partial charge < -0.3 is 10.1 Å². The van der Waals surface area contributed by atoms with Gasteiger partial charge in [-0.3, -0.25) is 9.63 Å². The van der Waals surface area contributed by atoms with Crippen LogP contribution in [0.4, 0.5) is 11.4 Å². The van der Waals surface area contributed by atoms with E-state index in [-0.39, 0.29) is 5.91 Å². The van der Waals surface area contributed by atoms with Crippen molar-refractivity contribution in [3.05, 3.63) is 54.1 Å². The first kappa shape index (κ1) is 14.9. The zero-order chi connectivity index (χ0) is 15.1. The van der Waals surface area contributed by atoms with Gasteiger partial charge in [0.05, 0.1) is 25.0 Å². The van der Waals surface area contributed by atoms with Gasteiger partial charge in [-0.25, -0.2) is 5.48 Å². The van der Waals surface area contributed by atoms with Crippen molar-refractivity contribution in [3.63, 3.8) is 0 Å². The number of amides is 1. The SMILES string of the molecule is CCONC(=O)c1ccccc1Nc1ccc(OC)cc1. The highest BCUT2D eigenvalue weighted by molar-refractivity contribution is 5.99. The van der Waals surface area contributed by atoms with Gasteiger partial charge in [-0.1, -0.05) is 12.1 Å². The summed E-state index contributed by atoms with van der Waals surface area (Å²) in [5, 5.41) is 3.21. The summed E-state index contributed by atoms with van der Waals surface area (Å²) in [7, 11) is 1.62. The summed E-state index contributed by atoms with van der Waals surface area (Å²) in [6.45, 7) is 2.22. The Bertz CT molecular complexity index is 597. The molecular weight excluding hydrogens is 268 g/mol. The molecule has 0 aliphatic carbocycles. The van der Waals surface area contributed by atoms with Gasteiger partial charge in [0.2, 0.25) is 0 Å². The van der Waals surface area contributed by atoms with Crippen molar-refractivity contribution in [1.29, 1.82) is 0 Å². The molecular formula is C16H18N2O3. The Kier molecular flexibility index (Phi) is 5.17. The van der Waals surface area contributed by atoms with Crippen LogP contribution in [0.1, 0.15) is 17.3 Å². The lowest BCUT2D eigenvalue weighted by atomic mass is 10.1. The Morgan fingerprint density at radius 1 is 1.10 bits per heavy atom. The number of hydrogen-bond donors (Lipinski definition) is 2. The van der Waals surface area contributed by atoms with E-state index in [4.69, 9.17) is 9.57 Å². The Balaban J connectivity index is 2.17. The Morgan fingerprint density at radius 3 is 2.48 bits per heavy atom. The molecule has 2 rings (SSSR count). The van der Waals surface area contributed by atoms with E-state index >= 15 is 0 Å². The molecule has 0 fully saturated rings. The van der Waals surface area contributed by atoms with Crippen LogP contribution < -0.4 is 15.5 Å². The van der Waals surface area contributed by atoms with Crippen molar-refractivity contribution in [2.45, 2.75) is 6.92 Å². The predicted molar refractivity (Wildman–Crippen MR) is 81.8 cm³/mol. The molecule has 5 nitrogen and oxygen atoms in total. The van der Waals surface area contributed by atoms with Gasteiger partial charge >= 0.3 is 0 Å². The number of hydrogen-bond acceptors (Lipinski definition) is 4. The summed E-state index contributed by atoms with van der Waals surface area (Å²) in [6.07, 6.45) is 0. The van der Waals surface area contributed by atoms with Crippen molar-refractivity contribution < 1.29 is 14.4 Å². The highest BCUT2D eigenvalue weighted by atomic mass is 16.6. The summed E-state index contributed by atoms with van der Waals surface area (Å²) in [5.41, 5.74) is 4.49. The van der Waals surface area contributed by atoms with E-state index < -0.39 is 0 Å². The molecule has 0 atom stereocenters. The van der Waals surface area contributed by atoms with Crippen LogP contribution in [-0.2, 0) is 4.84 Å². The molecule has 21 heavy (non-hydrogen) atoms. The molecule has 0 aliphatic rings. The average Bonchev–Trinajstić information content (AvgIpc) is 2.54. The van der Waals surface area contributed by atoms with Crippen LogP contribution in [0, 0.1) is 0 Å². The molecule has 0 aromatic heterocycles. The second-order valence-corrected chi connectivity index (χ2v) is 4.26. The van der Waals surface area contributed by atoms with Crippen LogP contribution in [-0.4, -0.2) is 19.6 Å². The zero-order valence-electron chi connectivity index (χ0n) is 12.1. The van der Waals surface area contributed by atoms with Gasteiger partial charge in [0, 0.05) is 5.69 Å². The third kappa shape index (κ3) is 3.97. The molecule has 0 unspecified atom stereocenters. The van der Waals surface area contributed by atoms with Crippen LogP contribution in [0.3, 0.4) is 0 Å². The first-order valence-electron chi connectivity index (χ1n) is 6.67. The summed E-state index contributed by atoms with van der Waals surface area (Å²) >= 11 is 0. The van der Waals surface area contributed by atoms with Crippen LogP contribution >= 0.6 is 0 Å². The summed E-state index contributed by atoms with van der Waals surface area (Å²) in [6, 6.07) is 14.7. The van der Waals surface area contributed by atoms with Crippen molar-refractivity contribution in [2.24, 2.45) is 0 Å². The fraction of sp³-hybridized carbons (Fsp3) is 0.188. The van der Waals surface area contributed by atoms with Crippen molar-refractivity contribution in [2.75, 3.05) is 19.0 Å². The Morgan fingerprint density at radius 2 is 1.81 bits per heavy atom. The molecule has 2 N–H and O–H groups in total. The average molecular weight is 286 g/mol. The second kappa shape index (κ2) is 7.31. The minimum absolute atomic E-state index is 0.284. The molecule has 0 radical (unpaired) electrons. The summed E-state index contributed by atoms with van der Waals surface area (Å²) < 4.78 is 5.12. The molecule has 0 spiro atoms.